The Morgan fingerprint density at radius 3 is 1.33 bits per heavy atom. The number of nitrogens with zero attached hydrogens (tertiary/aromatic N) is 2. The standard InChI is InChI=1S/2C14H12N2O4S/c2*1-2-7-20-14(19)15-10-5-3-9(4-6-10)12-16-11(8-21-12)13(17)18/h2*2-6,8H,1,7H2,(H,15,19)(H,17,18). The molecule has 2 aromatic heterocycles. The van der Waals surface area contributed by atoms with Crippen molar-refractivity contribution < 1.29 is 38.9 Å². The van der Waals surface area contributed by atoms with Crippen molar-refractivity contribution in [1.29, 1.82) is 0 Å². The molecule has 2 amide bonds. The van der Waals surface area contributed by atoms with Gasteiger partial charge >= 0.3 is 24.1 Å². The predicted octanol–water partition coefficient (Wildman–Crippen LogP) is 6.49. The molecule has 4 aromatic rings. The summed E-state index contributed by atoms with van der Waals surface area (Å²) in [7, 11) is 0. The van der Waals surface area contributed by atoms with Crippen molar-refractivity contribution in [3.63, 3.8) is 0 Å². The van der Waals surface area contributed by atoms with Crippen LogP contribution in [0.25, 0.3) is 21.1 Å². The summed E-state index contributed by atoms with van der Waals surface area (Å²) >= 11 is 2.49. The Morgan fingerprint density at radius 1 is 0.690 bits per heavy atom. The van der Waals surface area contributed by atoms with Gasteiger partial charge in [0.1, 0.15) is 23.2 Å². The molecule has 42 heavy (non-hydrogen) atoms. The number of anilines is 2. The van der Waals surface area contributed by atoms with Crippen molar-refractivity contribution in [3.8, 4) is 21.1 Å². The highest BCUT2D eigenvalue weighted by atomic mass is 32.1. The van der Waals surface area contributed by atoms with E-state index in [1.807, 2.05) is 0 Å². The zero-order valence-corrected chi connectivity index (χ0v) is 23.4. The van der Waals surface area contributed by atoms with Crippen LogP contribution in [0.2, 0.25) is 0 Å². The van der Waals surface area contributed by atoms with Crippen LogP contribution in [0.1, 0.15) is 21.0 Å². The highest BCUT2D eigenvalue weighted by molar-refractivity contribution is 7.13. The van der Waals surface area contributed by atoms with E-state index in [2.05, 4.69) is 33.8 Å². The van der Waals surface area contributed by atoms with E-state index in [1.54, 1.807) is 48.5 Å². The molecule has 0 atom stereocenters. The second-order valence-corrected chi connectivity index (χ2v) is 9.58. The molecular weight excluding hydrogens is 584 g/mol. The van der Waals surface area contributed by atoms with Gasteiger partial charge in [-0.2, -0.15) is 0 Å². The Morgan fingerprint density at radius 2 is 1.05 bits per heavy atom. The number of hydrogen-bond acceptors (Lipinski definition) is 10. The minimum atomic E-state index is -1.05. The van der Waals surface area contributed by atoms with Gasteiger partial charge in [0.15, 0.2) is 11.4 Å². The summed E-state index contributed by atoms with van der Waals surface area (Å²) < 4.78 is 9.59. The largest absolute Gasteiger partial charge is 0.476 e. The van der Waals surface area contributed by atoms with Gasteiger partial charge in [-0.3, -0.25) is 10.6 Å². The van der Waals surface area contributed by atoms with E-state index in [0.29, 0.717) is 21.4 Å². The number of amides is 2. The molecule has 0 fully saturated rings. The first-order valence-corrected chi connectivity index (χ1v) is 13.6. The third-order valence-corrected chi connectivity index (χ3v) is 6.65. The van der Waals surface area contributed by atoms with Crippen LogP contribution in [-0.2, 0) is 9.47 Å². The minimum Gasteiger partial charge on any atom is -0.476 e. The average molecular weight is 609 g/mol. The third-order valence-electron chi connectivity index (χ3n) is 4.87. The molecule has 4 N–H and O–H groups in total. The first-order chi connectivity index (χ1) is 20.2. The van der Waals surface area contributed by atoms with E-state index in [0.717, 1.165) is 11.1 Å². The molecular formula is C28H24N4O8S2. The first kappa shape index (κ1) is 31.2. The molecule has 0 unspecified atom stereocenters. The molecule has 2 aromatic carbocycles. The Kier molecular flexibility index (Phi) is 11.5. The fourth-order valence-electron chi connectivity index (χ4n) is 2.98. The average Bonchev–Trinajstić information content (AvgIpc) is 3.68. The fourth-order valence-corrected chi connectivity index (χ4v) is 4.58. The van der Waals surface area contributed by atoms with Crippen molar-refractivity contribution in [2.45, 2.75) is 0 Å². The van der Waals surface area contributed by atoms with Gasteiger partial charge in [0.2, 0.25) is 0 Å². The van der Waals surface area contributed by atoms with E-state index < -0.39 is 24.1 Å². The normalized spacial score (nSPS) is 9.90. The summed E-state index contributed by atoms with van der Waals surface area (Å²) in [6.07, 6.45) is 1.83. The van der Waals surface area contributed by atoms with Gasteiger partial charge < -0.3 is 19.7 Å². The lowest BCUT2D eigenvalue weighted by Gasteiger charge is -2.05. The van der Waals surface area contributed by atoms with Gasteiger partial charge in [-0.15, -0.1) is 22.7 Å². The molecule has 0 aliphatic heterocycles. The summed E-state index contributed by atoms with van der Waals surface area (Å²) in [5.41, 5.74) is 2.73. The number of aromatic carboxylic acids is 2. The Hall–Kier alpha value is -5.34. The van der Waals surface area contributed by atoms with Crippen LogP contribution in [0.5, 0.6) is 0 Å². The van der Waals surface area contributed by atoms with Crippen LogP contribution in [0.4, 0.5) is 21.0 Å². The Balaban J connectivity index is 0.000000230. The summed E-state index contributed by atoms with van der Waals surface area (Å²) in [4.78, 5) is 52.3. The molecule has 4 rings (SSSR count). The van der Waals surface area contributed by atoms with Crippen LogP contribution < -0.4 is 10.6 Å². The lowest BCUT2D eigenvalue weighted by atomic mass is 10.2. The van der Waals surface area contributed by atoms with Gasteiger partial charge in [-0.25, -0.2) is 29.1 Å². The van der Waals surface area contributed by atoms with E-state index in [-0.39, 0.29) is 24.6 Å². The van der Waals surface area contributed by atoms with Crippen LogP contribution in [0, 0.1) is 0 Å². The SMILES string of the molecule is C=CCOC(=O)Nc1ccc(-c2nc(C(=O)O)cs2)cc1.C=CCOC(=O)Nc1ccc(-c2nc(C(=O)O)cs2)cc1. The smallest absolute Gasteiger partial charge is 0.411 e. The van der Waals surface area contributed by atoms with Gasteiger partial charge in [-0.05, 0) is 48.5 Å². The molecule has 0 saturated heterocycles. The van der Waals surface area contributed by atoms with E-state index in [9.17, 15) is 19.2 Å². The zero-order chi connectivity index (χ0) is 30.5. The molecule has 0 aliphatic rings. The summed E-state index contributed by atoms with van der Waals surface area (Å²) in [6.45, 7) is 7.17. The zero-order valence-electron chi connectivity index (χ0n) is 21.8. The van der Waals surface area contributed by atoms with Crippen molar-refractivity contribution in [2.24, 2.45) is 0 Å². The highest BCUT2D eigenvalue weighted by Crippen LogP contribution is 2.26. The van der Waals surface area contributed by atoms with E-state index in [1.165, 1.54) is 45.6 Å². The van der Waals surface area contributed by atoms with E-state index >= 15 is 0 Å². The number of carbonyl (C=O) groups excluding carboxylic acids is 2. The molecule has 14 heteroatoms. The maximum absolute atomic E-state index is 11.3. The molecule has 0 aliphatic carbocycles. The quantitative estimate of drug-likeness (QED) is 0.146. The Bertz CT molecular complexity index is 1450. The van der Waals surface area contributed by atoms with E-state index in [4.69, 9.17) is 19.7 Å². The molecule has 0 radical (unpaired) electrons. The van der Waals surface area contributed by atoms with Crippen molar-refractivity contribution in [3.05, 3.63) is 96.0 Å². The van der Waals surface area contributed by atoms with Gasteiger partial charge in [-0.1, -0.05) is 25.3 Å². The number of carbonyl (C=O) groups is 4. The Labute approximate surface area is 247 Å². The molecule has 12 nitrogen and oxygen atoms in total. The number of thiazole rings is 2. The van der Waals surface area contributed by atoms with Crippen LogP contribution in [0.15, 0.2) is 84.6 Å². The molecule has 2 heterocycles. The number of aromatic nitrogens is 2. The molecule has 0 bridgehead atoms. The van der Waals surface area contributed by atoms with Crippen LogP contribution in [-0.4, -0.2) is 57.5 Å². The number of ether oxygens (including phenoxy) is 2. The second-order valence-electron chi connectivity index (χ2n) is 7.87. The summed E-state index contributed by atoms with van der Waals surface area (Å²) in [5, 5.41) is 27.0. The number of benzene rings is 2. The van der Waals surface area contributed by atoms with Crippen molar-refractivity contribution >= 4 is 58.2 Å². The monoisotopic (exact) mass is 608 g/mol. The topological polar surface area (TPSA) is 177 Å². The van der Waals surface area contributed by atoms with Crippen molar-refractivity contribution in [2.75, 3.05) is 23.8 Å². The van der Waals surface area contributed by atoms with Gasteiger partial charge in [0.25, 0.3) is 0 Å². The maximum atomic E-state index is 11.3. The number of carboxylic acid groups (broad SMARTS) is 2. The second kappa shape index (κ2) is 15.4. The molecule has 0 saturated carbocycles. The van der Waals surface area contributed by atoms with Crippen LogP contribution in [0.3, 0.4) is 0 Å². The van der Waals surface area contributed by atoms with Crippen molar-refractivity contribution in [1.82, 2.24) is 9.97 Å². The fraction of sp³-hybridized carbons (Fsp3) is 0.0714. The predicted molar refractivity (Wildman–Crippen MR) is 159 cm³/mol. The minimum absolute atomic E-state index is 0.0187. The van der Waals surface area contributed by atoms with Gasteiger partial charge in [0.05, 0.1) is 0 Å². The molecule has 216 valence electrons. The molecule has 0 spiro atoms. The lowest BCUT2D eigenvalue weighted by molar-refractivity contribution is 0.0681. The first-order valence-electron chi connectivity index (χ1n) is 11.9. The highest BCUT2D eigenvalue weighted by Gasteiger charge is 2.12. The van der Waals surface area contributed by atoms with Gasteiger partial charge in [0, 0.05) is 33.3 Å². The summed E-state index contributed by atoms with van der Waals surface area (Å²) in [5.74, 6) is -2.11. The third kappa shape index (κ3) is 9.39. The van der Waals surface area contributed by atoms with Crippen LogP contribution >= 0.6 is 22.7 Å². The maximum Gasteiger partial charge on any atom is 0.411 e. The lowest BCUT2D eigenvalue weighted by Crippen LogP contribution is -2.13. The number of nitrogens with one attached hydrogen (secondary N) is 2. The number of rotatable bonds is 10. The number of carboxylic acids is 2. The number of hydrogen-bond donors (Lipinski definition) is 4. The summed E-state index contributed by atoms with van der Waals surface area (Å²) in [6, 6.07) is 13.7.